The highest BCUT2D eigenvalue weighted by Crippen LogP contribution is 2.24. The number of aliphatic imine (C=N–C) groups is 1. The number of aliphatic hydroxyl groups is 1. The lowest BCUT2D eigenvalue weighted by Crippen LogP contribution is -2.31. The Morgan fingerprint density at radius 3 is 2.60 bits per heavy atom. The van der Waals surface area contributed by atoms with Crippen LogP contribution in [0.1, 0.15) is 46.6 Å². The molecule has 1 aliphatic rings. The maximum Gasteiger partial charge on any atom is 0.119 e. The van der Waals surface area contributed by atoms with Crippen LogP contribution in [0.2, 0.25) is 0 Å². The summed E-state index contributed by atoms with van der Waals surface area (Å²) in [6.07, 6.45) is 8.08. The summed E-state index contributed by atoms with van der Waals surface area (Å²) in [6, 6.07) is 8.11. The van der Waals surface area contributed by atoms with Crippen molar-refractivity contribution >= 4 is 16.6 Å². The number of nitrogens with one attached hydrogen (secondary N) is 2. The zero-order chi connectivity index (χ0) is 29.8. The van der Waals surface area contributed by atoms with E-state index in [1.807, 2.05) is 39.1 Å². The Kier molecular flexibility index (Phi) is 19.1. The number of likely N-dealkylation sites (tertiary alicyclic amines) is 1. The van der Waals surface area contributed by atoms with Crippen molar-refractivity contribution in [2.45, 2.75) is 59.7 Å². The molecule has 3 rings (SSSR count). The van der Waals surface area contributed by atoms with Gasteiger partial charge in [-0.05, 0) is 56.1 Å². The predicted octanol–water partition coefficient (Wildman–Crippen LogP) is 4.36. The Labute approximate surface area is 243 Å². The molecular weight excluding hydrogens is 502 g/mol. The number of hydrogen-bond acceptors (Lipinski definition) is 8. The summed E-state index contributed by atoms with van der Waals surface area (Å²) in [4.78, 5) is 10.9. The maximum absolute atomic E-state index is 10.4. The molecular formula is C32H55N5O3. The van der Waals surface area contributed by atoms with Gasteiger partial charge in [-0.3, -0.25) is 9.98 Å². The average molecular weight is 558 g/mol. The SMILES string of the molecule is CC.CC/C=C/CNCC1CN(CCc2ccnc3ccc(OC)cc23)CC1O.CCNCC(=NC)C(C)OC. The van der Waals surface area contributed by atoms with Crippen LogP contribution in [-0.2, 0) is 11.2 Å². The first kappa shape index (κ1) is 35.7. The van der Waals surface area contributed by atoms with Crippen LogP contribution in [0, 0.1) is 5.92 Å². The topological polar surface area (TPSA) is 91.2 Å². The van der Waals surface area contributed by atoms with Crippen molar-refractivity contribution in [3.05, 3.63) is 48.2 Å². The van der Waals surface area contributed by atoms with Gasteiger partial charge in [-0.1, -0.05) is 39.8 Å². The average Bonchev–Trinajstić information content (AvgIpc) is 3.35. The van der Waals surface area contributed by atoms with E-state index in [9.17, 15) is 5.11 Å². The minimum atomic E-state index is -0.248. The summed E-state index contributed by atoms with van der Waals surface area (Å²) in [5.74, 6) is 1.16. The van der Waals surface area contributed by atoms with Crippen LogP contribution < -0.4 is 15.4 Å². The fourth-order valence-electron chi connectivity index (χ4n) is 4.53. The molecule has 1 fully saturated rings. The second-order valence-corrected chi connectivity index (χ2v) is 9.60. The number of aliphatic hydroxyl groups excluding tert-OH is 1. The lowest BCUT2D eigenvalue weighted by atomic mass is 10.1. The molecule has 8 nitrogen and oxygen atoms in total. The molecule has 1 aromatic carbocycles. The Morgan fingerprint density at radius 2 is 1.95 bits per heavy atom. The van der Waals surface area contributed by atoms with E-state index in [1.165, 1.54) is 5.56 Å². The smallest absolute Gasteiger partial charge is 0.119 e. The third-order valence-corrected chi connectivity index (χ3v) is 6.96. The van der Waals surface area contributed by atoms with E-state index in [2.05, 4.69) is 63.6 Å². The number of rotatable bonds is 14. The molecule has 8 heteroatoms. The highest BCUT2D eigenvalue weighted by atomic mass is 16.5. The summed E-state index contributed by atoms with van der Waals surface area (Å²) >= 11 is 0. The van der Waals surface area contributed by atoms with Crippen LogP contribution in [0.25, 0.3) is 10.9 Å². The quantitative estimate of drug-likeness (QED) is 0.181. The molecule has 1 aromatic heterocycles. The molecule has 2 heterocycles. The summed E-state index contributed by atoms with van der Waals surface area (Å²) in [5, 5.41) is 18.2. The number of nitrogens with zero attached hydrogens (tertiary/aromatic N) is 3. The van der Waals surface area contributed by atoms with Gasteiger partial charge < -0.3 is 30.1 Å². The van der Waals surface area contributed by atoms with Crippen LogP contribution in [0.4, 0.5) is 0 Å². The van der Waals surface area contributed by atoms with E-state index in [-0.39, 0.29) is 12.2 Å². The van der Waals surface area contributed by atoms with Gasteiger partial charge in [0.2, 0.25) is 0 Å². The van der Waals surface area contributed by atoms with Crippen molar-refractivity contribution in [1.29, 1.82) is 0 Å². The second kappa shape index (κ2) is 21.4. The normalized spacial score (nSPS) is 18.3. The fraction of sp³-hybridized carbons (Fsp3) is 0.625. The van der Waals surface area contributed by atoms with E-state index in [0.717, 1.165) is 81.0 Å². The summed E-state index contributed by atoms with van der Waals surface area (Å²) in [7, 11) is 5.18. The summed E-state index contributed by atoms with van der Waals surface area (Å²) in [5.41, 5.74) is 3.34. The number of fused-ring (bicyclic) bond motifs is 1. The number of ether oxygens (including phenoxy) is 2. The standard InChI is InChI=1S/C22H31N3O2.C8H18N2O.C2H6/c1-3-4-5-10-23-14-18-15-25(16-22(18)26)12-9-17-8-11-24-21-7-6-19(27-2)13-20(17)21;1-5-10-6-8(9-3)7(2)11-4;1-2/h4-8,11,13,18,22-23,26H,3,9-10,12,14-16H2,1-2H3;7,10H,5-6H2,1-4H3;1-2H3/b5-4+;;. The highest BCUT2D eigenvalue weighted by molar-refractivity contribution is 5.90. The Hall–Kier alpha value is -2.36. The first-order chi connectivity index (χ1) is 19.5. The molecule has 0 saturated carbocycles. The molecule has 0 amide bonds. The van der Waals surface area contributed by atoms with Crippen LogP contribution >= 0.6 is 0 Å². The first-order valence-electron chi connectivity index (χ1n) is 14.8. The van der Waals surface area contributed by atoms with E-state index < -0.39 is 0 Å². The van der Waals surface area contributed by atoms with Gasteiger partial charge in [-0.15, -0.1) is 0 Å². The van der Waals surface area contributed by atoms with Crippen molar-refractivity contribution in [3.8, 4) is 5.75 Å². The largest absolute Gasteiger partial charge is 0.497 e. The number of aromatic nitrogens is 1. The lowest BCUT2D eigenvalue weighted by molar-refractivity contribution is 0.141. The van der Waals surface area contributed by atoms with Gasteiger partial charge in [0, 0.05) is 70.9 Å². The van der Waals surface area contributed by atoms with Gasteiger partial charge in [0.1, 0.15) is 5.75 Å². The van der Waals surface area contributed by atoms with Gasteiger partial charge in [-0.2, -0.15) is 0 Å². The molecule has 2 aromatic rings. The molecule has 0 bridgehead atoms. The lowest BCUT2D eigenvalue weighted by Gasteiger charge is -2.16. The summed E-state index contributed by atoms with van der Waals surface area (Å²) < 4.78 is 10.5. The number of benzene rings is 1. The minimum absolute atomic E-state index is 0.124. The number of methoxy groups -OCH3 is 2. The third kappa shape index (κ3) is 12.4. The van der Waals surface area contributed by atoms with Gasteiger partial charge in [0.15, 0.2) is 0 Å². The van der Waals surface area contributed by atoms with E-state index in [0.29, 0.717) is 5.92 Å². The maximum atomic E-state index is 10.4. The van der Waals surface area contributed by atoms with E-state index >= 15 is 0 Å². The molecule has 1 saturated heterocycles. The number of β-amino-alcohol motifs (C(OH)–C–C–N with tert-alkyl or cyclic N) is 1. The molecule has 226 valence electrons. The van der Waals surface area contributed by atoms with Crippen molar-refractivity contribution in [2.75, 3.05) is 67.1 Å². The molecule has 0 spiro atoms. The van der Waals surface area contributed by atoms with Gasteiger partial charge in [-0.25, -0.2) is 0 Å². The van der Waals surface area contributed by atoms with Crippen LogP contribution in [0.3, 0.4) is 0 Å². The summed E-state index contributed by atoms with van der Waals surface area (Å²) in [6.45, 7) is 16.4. The van der Waals surface area contributed by atoms with Crippen molar-refractivity contribution in [3.63, 3.8) is 0 Å². The Morgan fingerprint density at radius 1 is 1.18 bits per heavy atom. The van der Waals surface area contributed by atoms with E-state index in [4.69, 9.17) is 9.47 Å². The molecule has 3 unspecified atom stereocenters. The first-order valence-corrected chi connectivity index (χ1v) is 14.8. The molecule has 1 aliphatic heterocycles. The Balaban J connectivity index is 0.000000520. The zero-order valence-corrected chi connectivity index (χ0v) is 26.2. The zero-order valence-electron chi connectivity index (χ0n) is 26.2. The fourth-order valence-corrected chi connectivity index (χ4v) is 4.53. The van der Waals surface area contributed by atoms with Crippen molar-refractivity contribution < 1.29 is 14.6 Å². The van der Waals surface area contributed by atoms with Gasteiger partial charge in [0.05, 0.1) is 30.5 Å². The van der Waals surface area contributed by atoms with Crippen LogP contribution in [0.15, 0.2) is 47.6 Å². The molecule has 40 heavy (non-hydrogen) atoms. The predicted molar refractivity (Wildman–Crippen MR) is 170 cm³/mol. The monoisotopic (exact) mass is 557 g/mol. The molecule has 3 atom stereocenters. The van der Waals surface area contributed by atoms with Crippen LogP contribution in [0.5, 0.6) is 5.75 Å². The van der Waals surface area contributed by atoms with E-state index in [1.54, 1.807) is 21.3 Å². The number of hydrogen-bond donors (Lipinski definition) is 3. The van der Waals surface area contributed by atoms with Gasteiger partial charge >= 0.3 is 0 Å². The molecule has 0 radical (unpaired) electrons. The second-order valence-electron chi connectivity index (χ2n) is 9.60. The van der Waals surface area contributed by atoms with Crippen molar-refractivity contribution in [2.24, 2.45) is 10.9 Å². The number of pyridine rings is 1. The van der Waals surface area contributed by atoms with Crippen LogP contribution in [-0.4, -0.2) is 100.0 Å². The Bertz CT molecular complexity index is 998. The molecule has 0 aliphatic carbocycles. The third-order valence-electron chi connectivity index (χ3n) is 6.96. The number of allylic oxidation sites excluding steroid dienone is 1. The minimum Gasteiger partial charge on any atom is -0.497 e. The van der Waals surface area contributed by atoms with Gasteiger partial charge in [0.25, 0.3) is 0 Å². The highest BCUT2D eigenvalue weighted by Gasteiger charge is 2.30. The van der Waals surface area contributed by atoms with Crippen molar-refractivity contribution in [1.82, 2.24) is 20.5 Å². The molecule has 3 N–H and O–H groups in total.